The molecule has 120 valence electrons. The van der Waals surface area contributed by atoms with Crippen LogP contribution in [0.5, 0.6) is 0 Å². The molecule has 1 fully saturated rings. The van der Waals surface area contributed by atoms with Crippen molar-refractivity contribution < 1.29 is 12.8 Å². The molecule has 0 aliphatic carbocycles. The number of nitrogens with one attached hydrogen (secondary N) is 2. The van der Waals surface area contributed by atoms with E-state index >= 15 is 0 Å². The normalized spacial score (nSPS) is 16.9. The van der Waals surface area contributed by atoms with Crippen LogP contribution in [-0.4, -0.2) is 45.5 Å². The molecule has 7 heteroatoms. The first kappa shape index (κ1) is 16.5. The van der Waals surface area contributed by atoms with Gasteiger partial charge in [-0.3, -0.25) is 0 Å². The van der Waals surface area contributed by atoms with Crippen molar-refractivity contribution in [3.05, 3.63) is 17.9 Å². The maximum Gasteiger partial charge on any atom is 0.274 e. The highest BCUT2D eigenvalue weighted by molar-refractivity contribution is 7.89. The first-order chi connectivity index (χ1) is 9.97. The van der Waals surface area contributed by atoms with Crippen LogP contribution in [-0.2, 0) is 16.6 Å². The van der Waals surface area contributed by atoms with Gasteiger partial charge in [0.25, 0.3) is 10.0 Å². The van der Waals surface area contributed by atoms with Crippen molar-refractivity contribution >= 4 is 10.0 Å². The Morgan fingerprint density at radius 1 is 1.29 bits per heavy atom. The van der Waals surface area contributed by atoms with E-state index in [0.717, 1.165) is 19.6 Å². The molecule has 2 rings (SSSR count). The molecule has 0 unspecified atom stereocenters. The Kier molecular flexibility index (Phi) is 5.80. The predicted molar refractivity (Wildman–Crippen MR) is 81.5 cm³/mol. The third-order valence-corrected chi connectivity index (χ3v) is 4.84. The lowest BCUT2D eigenvalue weighted by molar-refractivity contribution is 0.342. The summed E-state index contributed by atoms with van der Waals surface area (Å²) in [6.45, 7) is 7.88. The summed E-state index contributed by atoms with van der Waals surface area (Å²) in [5, 5.41) is 3.18. The molecule has 6 nitrogen and oxygen atoms in total. The second-order valence-corrected chi connectivity index (χ2v) is 7.40. The molecule has 0 aromatic carbocycles. The molecule has 2 N–H and O–H groups in total. The molecular weight excluding hydrogens is 290 g/mol. The van der Waals surface area contributed by atoms with Crippen LogP contribution >= 0.6 is 0 Å². The lowest BCUT2D eigenvalue weighted by Crippen LogP contribution is -2.33. The van der Waals surface area contributed by atoms with Gasteiger partial charge in [-0.05, 0) is 38.1 Å². The highest BCUT2D eigenvalue weighted by atomic mass is 32.2. The molecule has 1 saturated heterocycles. The minimum atomic E-state index is -3.54. The fraction of sp³-hybridized carbons (Fsp3) is 0.714. The third kappa shape index (κ3) is 5.10. The Hall–Kier alpha value is -0.890. The fourth-order valence-corrected chi connectivity index (χ4v) is 3.28. The van der Waals surface area contributed by atoms with E-state index in [9.17, 15) is 8.42 Å². The van der Waals surface area contributed by atoms with Crippen molar-refractivity contribution in [3.8, 4) is 0 Å². The topological polar surface area (TPSA) is 74.6 Å². The van der Waals surface area contributed by atoms with Crippen LogP contribution < -0.4 is 10.0 Å². The second-order valence-electron chi connectivity index (χ2n) is 5.70. The largest absolute Gasteiger partial charge is 0.447 e. The minimum Gasteiger partial charge on any atom is -0.447 e. The second kappa shape index (κ2) is 7.40. The predicted octanol–water partition coefficient (Wildman–Crippen LogP) is 1.15. The van der Waals surface area contributed by atoms with E-state index in [1.807, 2.05) is 13.8 Å². The van der Waals surface area contributed by atoms with Gasteiger partial charge in [0, 0.05) is 19.1 Å². The number of furan rings is 1. The lowest BCUT2D eigenvalue weighted by atomic mass is 10.3. The van der Waals surface area contributed by atoms with Gasteiger partial charge in [-0.2, -0.15) is 0 Å². The molecule has 2 heterocycles. The van der Waals surface area contributed by atoms with Crippen LogP contribution in [0, 0.1) is 0 Å². The summed E-state index contributed by atoms with van der Waals surface area (Å²) in [7, 11) is -3.54. The zero-order valence-corrected chi connectivity index (χ0v) is 13.6. The SMILES string of the molecule is CC(C)NCc1ccc(S(=O)(=O)NCCN2CCCC2)o1. The Bertz CT molecular complexity index is 533. The zero-order valence-electron chi connectivity index (χ0n) is 12.8. The Morgan fingerprint density at radius 2 is 2.00 bits per heavy atom. The minimum absolute atomic E-state index is 0.00974. The quantitative estimate of drug-likeness (QED) is 0.753. The molecule has 0 radical (unpaired) electrons. The molecule has 0 atom stereocenters. The Morgan fingerprint density at radius 3 is 2.67 bits per heavy atom. The van der Waals surface area contributed by atoms with Crippen molar-refractivity contribution in [1.82, 2.24) is 14.9 Å². The van der Waals surface area contributed by atoms with Crippen molar-refractivity contribution in [2.24, 2.45) is 0 Å². The first-order valence-corrected chi connectivity index (χ1v) is 9.00. The standard InChI is InChI=1S/C14H25N3O3S/c1-12(2)15-11-13-5-6-14(20-13)21(18,19)16-7-10-17-8-3-4-9-17/h5-6,12,15-16H,3-4,7-11H2,1-2H3. The summed E-state index contributed by atoms with van der Waals surface area (Å²) in [6.07, 6.45) is 2.41. The van der Waals surface area contributed by atoms with Gasteiger partial charge in [-0.1, -0.05) is 13.8 Å². The van der Waals surface area contributed by atoms with E-state index in [0.29, 0.717) is 24.9 Å². The average molecular weight is 315 g/mol. The molecule has 1 aromatic heterocycles. The van der Waals surface area contributed by atoms with Gasteiger partial charge in [0.2, 0.25) is 5.09 Å². The highest BCUT2D eigenvalue weighted by Gasteiger charge is 2.19. The smallest absolute Gasteiger partial charge is 0.274 e. The van der Waals surface area contributed by atoms with Gasteiger partial charge in [0.05, 0.1) is 6.54 Å². The number of nitrogens with zero attached hydrogens (tertiary/aromatic N) is 1. The highest BCUT2D eigenvalue weighted by Crippen LogP contribution is 2.14. The van der Waals surface area contributed by atoms with Gasteiger partial charge in [-0.15, -0.1) is 0 Å². The van der Waals surface area contributed by atoms with Gasteiger partial charge in [0.15, 0.2) is 0 Å². The van der Waals surface area contributed by atoms with E-state index in [1.165, 1.54) is 18.9 Å². The van der Waals surface area contributed by atoms with Crippen LogP contribution in [0.3, 0.4) is 0 Å². The molecule has 0 amide bonds. The van der Waals surface area contributed by atoms with Crippen molar-refractivity contribution in [1.29, 1.82) is 0 Å². The summed E-state index contributed by atoms with van der Waals surface area (Å²) in [5.74, 6) is 0.628. The maximum atomic E-state index is 12.1. The zero-order chi connectivity index (χ0) is 15.3. The van der Waals surface area contributed by atoms with Gasteiger partial charge < -0.3 is 14.6 Å². The lowest BCUT2D eigenvalue weighted by Gasteiger charge is -2.14. The maximum absolute atomic E-state index is 12.1. The van der Waals surface area contributed by atoms with E-state index in [2.05, 4.69) is 14.9 Å². The number of rotatable bonds is 8. The summed E-state index contributed by atoms with van der Waals surface area (Å²) in [4.78, 5) is 2.27. The summed E-state index contributed by atoms with van der Waals surface area (Å²) >= 11 is 0. The van der Waals surface area contributed by atoms with E-state index in [1.54, 1.807) is 6.07 Å². The number of hydrogen-bond donors (Lipinski definition) is 2. The van der Waals surface area contributed by atoms with Crippen molar-refractivity contribution in [2.75, 3.05) is 26.2 Å². The molecular formula is C14H25N3O3S. The van der Waals surface area contributed by atoms with Crippen LogP contribution in [0.1, 0.15) is 32.4 Å². The number of hydrogen-bond acceptors (Lipinski definition) is 5. The molecule has 0 saturated carbocycles. The third-order valence-electron chi connectivity index (χ3n) is 3.51. The van der Waals surface area contributed by atoms with E-state index < -0.39 is 10.0 Å². The molecule has 21 heavy (non-hydrogen) atoms. The molecule has 1 aliphatic rings. The van der Waals surface area contributed by atoms with Crippen molar-refractivity contribution in [3.63, 3.8) is 0 Å². The van der Waals surface area contributed by atoms with Crippen LogP contribution in [0.15, 0.2) is 21.6 Å². The number of likely N-dealkylation sites (tertiary alicyclic amines) is 1. The van der Waals surface area contributed by atoms with Crippen molar-refractivity contribution in [2.45, 2.75) is 44.4 Å². The summed E-state index contributed by atoms with van der Waals surface area (Å²) in [6, 6.07) is 3.54. The molecule has 1 aliphatic heterocycles. The summed E-state index contributed by atoms with van der Waals surface area (Å²) < 4.78 is 32.2. The van der Waals surface area contributed by atoms with Crippen LogP contribution in [0.4, 0.5) is 0 Å². The van der Waals surface area contributed by atoms with Crippen LogP contribution in [0.25, 0.3) is 0 Å². The van der Waals surface area contributed by atoms with Gasteiger partial charge >= 0.3 is 0 Å². The fourth-order valence-electron chi connectivity index (χ4n) is 2.32. The average Bonchev–Trinajstić information content (AvgIpc) is 3.07. The Balaban J connectivity index is 1.83. The summed E-state index contributed by atoms with van der Waals surface area (Å²) in [5.41, 5.74) is 0. The molecule has 0 spiro atoms. The molecule has 0 bridgehead atoms. The first-order valence-electron chi connectivity index (χ1n) is 7.51. The van der Waals surface area contributed by atoms with Gasteiger partial charge in [-0.25, -0.2) is 13.1 Å². The van der Waals surface area contributed by atoms with E-state index in [-0.39, 0.29) is 5.09 Å². The number of sulfonamides is 1. The Labute approximate surface area is 126 Å². The monoisotopic (exact) mass is 315 g/mol. The van der Waals surface area contributed by atoms with Gasteiger partial charge in [0.1, 0.15) is 5.76 Å². The van der Waals surface area contributed by atoms with Crippen LogP contribution in [0.2, 0.25) is 0 Å². The van der Waals surface area contributed by atoms with E-state index in [4.69, 9.17) is 4.42 Å². The molecule has 1 aromatic rings.